The van der Waals surface area contributed by atoms with Crippen LogP contribution >= 0.6 is 39.1 Å². The van der Waals surface area contributed by atoms with Crippen LogP contribution < -0.4 is 16.4 Å². The highest BCUT2D eigenvalue weighted by molar-refractivity contribution is 9.10. The predicted molar refractivity (Wildman–Crippen MR) is 104 cm³/mol. The molecule has 0 aliphatic rings. The van der Waals surface area contributed by atoms with Gasteiger partial charge in [0.2, 0.25) is 0 Å². The molecular formula is C17H13BrCl2N4O. The molecule has 0 amide bonds. The minimum atomic E-state index is -0.406. The number of anilines is 1. The van der Waals surface area contributed by atoms with Crippen molar-refractivity contribution < 1.29 is 0 Å². The molecule has 128 valence electrons. The Morgan fingerprint density at radius 3 is 2.36 bits per heavy atom. The number of aromatic nitrogens is 2. The number of para-hydroxylation sites is 1. The Hall–Kier alpha value is -1.86. The maximum absolute atomic E-state index is 12.7. The van der Waals surface area contributed by atoms with Gasteiger partial charge >= 0.3 is 0 Å². The number of nitrogens with zero attached hydrogens (tertiary/aromatic N) is 3. The summed E-state index contributed by atoms with van der Waals surface area (Å²) >= 11 is 15.6. The quantitative estimate of drug-likeness (QED) is 0.489. The monoisotopic (exact) mass is 438 g/mol. The summed E-state index contributed by atoms with van der Waals surface area (Å²) in [7, 11) is 0. The zero-order valence-corrected chi connectivity index (χ0v) is 16.0. The Morgan fingerprint density at radius 2 is 1.72 bits per heavy atom. The van der Waals surface area contributed by atoms with E-state index in [-0.39, 0.29) is 4.47 Å². The summed E-state index contributed by atoms with van der Waals surface area (Å²) in [6, 6.07) is 14.7. The molecule has 0 saturated carbocycles. The molecule has 25 heavy (non-hydrogen) atoms. The summed E-state index contributed by atoms with van der Waals surface area (Å²) in [6.45, 7) is 0.428. The van der Waals surface area contributed by atoms with Crippen LogP contribution in [0.1, 0.15) is 5.56 Å². The lowest BCUT2D eigenvalue weighted by Crippen LogP contribution is -2.33. The summed E-state index contributed by atoms with van der Waals surface area (Å²) in [6.07, 6.45) is 1.49. The molecule has 0 aliphatic heterocycles. The number of hydrogen-bond acceptors (Lipinski definition) is 4. The van der Waals surface area contributed by atoms with Crippen molar-refractivity contribution >= 4 is 44.8 Å². The van der Waals surface area contributed by atoms with E-state index in [2.05, 4.69) is 21.0 Å². The lowest BCUT2D eigenvalue weighted by Gasteiger charge is -2.20. The van der Waals surface area contributed by atoms with Crippen molar-refractivity contribution in [2.75, 3.05) is 5.01 Å². The first-order valence-corrected chi connectivity index (χ1v) is 8.82. The zero-order valence-electron chi connectivity index (χ0n) is 12.9. The van der Waals surface area contributed by atoms with E-state index in [1.165, 1.54) is 11.2 Å². The fourth-order valence-electron chi connectivity index (χ4n) is 2.34. The summed E-state index contributed by atoms with van der Waals surface area (Å²) in [5.41, 5.74) is 1.40. The molecule has 0 radical (unpaired) electrons. The Labute approximate surface area is 162 Å². The molecule has 0 unspecified atom stereocenters. The lowest BCUT2D eigenvalue weighted by molar-refractivity contribution is 0.775. The van der Waals surface area contributed by atoms with Crippen LogP contribution in [0.4, 0.5) is 5.69 Å². The number of nitrogens with two attached hydrogens (primary N) is 1. The van der Waals surface area contributed by atoms with Crippen molar-refractivity contribution in [1.82, 2.24) is 9.78 Å². The van der Waals surface area contributed by atoms with Crippen LogP contribution in [-0.2, 0) is 6.54 Å². The highest BCUT2D eigenvalue weighted by atomic mass is 79.9. The zero-order chi connectivity index (χ0) is 18.0. The van der Waals surface area contributed by atoms with Gasteiger partial charge in [-0.25, -0.2) is 5.84 Å². The minimum Gasteiger partial charge on any atom is -0.304 e. The third kappa shape index (κ3) is 3.72. The maximum Gasteiger partial charge on any atom is 0.288 e. The van der Waals surface area contributed by atoms with Crippen LogP contribution in [0, 0.1) is 0 Å². The van der Waals surface area contributed by atoms with E-state index in [4.69, 9.17) is 29.0 Å². The van der Waals surface area contributed by atoms with Gasteiger partial charge in [0.05, 0.1) is 28.5 Å². The second kappa shape index (κ2) is 7.58. The predicted octanol–water partition coefficient (Wildman–Crippen LogP) is 4.18. The normalized spacial score (nSPS) is 10.7. The van der Waals surface area contributed by atoms with E-state index < -0.39 is 5.56 Å². The van der Waals surface area contributed by atoms with Crippen LogP contribution in [0.25, 0.3) is 5.69 Å². The second-order valence-electron chi connectivity index (χ2n) is 5.24. The third-order valence-corrected chi connectivity index (χ3v) is 4.91. The molecule has 3 aromatic rings. The van der Waals surface area contributed by atoms with E-state index in [1.54, 1.807) is 18.2 Å². The van der Waals surface area contributed by atoms with Gasteiger partial charge < -0.3 is 5.01 Å². The summed E-state index contributed by atoms with van der Waals surface area (Å²) in [5.74, 6) is 6.11. The largest absolute Gasteiger partial charge is 0.304 e. The Kier molecular flexibility index (Phi) is 5.44. The average Bonchev–Trinajstić information content (AvgIpc) is 2.59. The van der Waals surface area contributed by atoms with Crippen molar-refractivity contribution in [1.29, 1.82) is 0 Å². The highest BCUT2D eigenvalue weighted by Crippen LogP contribution is 2.28. The van der Waals surface area contributed by atoms with Gasteiger partial charge in [-0.15, -0.1) is 0 Å². The Morgan fingerprint density at radius 1 is 1.08 bits per heavy atom. The topological polar surface area (TPSA) is 64.2 Å². The van der Waals surface area contributed by atoms with Gasteiger partial charge in [0.15, 0.2) is 0 Å². The minimum absolute atomic E-state index is 0.275. The molecule has 0 atom stereocenters. The molecule has 8 heteroatoms. The first kappa shape index (κ1) is 17.9. The van der Waals surface area contributed by atoms with Crippen LogP contribution in [0.15, 0.2) is 64.0 Å². The lowest BCUT2D eigenvalue weighted by atomic mass is 10.2. The van der Waals surface area contributed by atoms with Crippen LogP contribution in [0.2, 0.25) is 10.0 Å². The molecule has 5 nitrogen and oxygen atoms in total. The molecule has 0 spiro atoms. The van der Waals surface area contributed by atoms with Crippen molar-refractivity contribution in [3.63, 3.8) is 0 Å². The number of hydrogen-bond donors (Lipinski definition) is 1. The molecule has 1 heterocycles. The van der Waals surface area contributed by atoms with E-state index in [1.807, 2.05) is 30.3 Å². The second-order valence-corrected chi connectivity index (χ2v) is 6.85. The van der Waals surface area contributed by atoms with E-state index in [0.717, 1.165) is 10.2 Å². The molecule has 0 aliphatic carbocycles. The molecule has 2 N–H and O–H groups in total. The van der Waals surface area contributed by atoms with E-state index >= 15 is 0 Å². The van der Waals surface area contributed by atoms with Crippen molar-refractivity contribution in [3.8, 4) is 5.69 Å². The van der Waals surface area contributed by atoms with Crippen molar-refractivity contribution in [2.24, 2.45) is 5.84 Å². The third-order valence-electron chi connectivity index (χ3n) is 3.56. The molecule has 0 fully saturated rings. The molecule has 1 aromatic heterocycles. The Bertz CT molecular complexity index is 942. The summed E-state index contributed by atoms with van der Waals surface area (Å²) in [4.78, 5) is 12.7. The number of hydrazine groups is 1. The molecular weight excluding hydrogens is 427 g/mol. The highest BCUT2D eigenvalue weighted by Gasteiger charge is 2.17. The summed E-state index contributed by atoms with van der Waals surface area (Å²) in [5, 5.41) is 6.29. The Balaban J connectivity index is 2.00. The van der Waals surface area contributed by atoms with E-state index in [9.17, 15) is 4.79 Å². The summed E-state index contributed by atoms with van der Waals surface area (Å²) < 4.78 is 1.42. The van der Waals surface area contributed by atoms with Gasteiger partial charge in [0.25, 0.3) is 5.56 Å². The molecule has 2 aromatic carbocycles. The van der Waals surface area contributed by atoms with Crippen molar-refractivity contribution in [3.05, 3.63) is 85.2 Å². The first-order chi connectivity index (χ1) is 12.0. The fraction of sp³-hybridized carbons (Fsp3) is 0.0588. The SMILES string of the molecule is NN(Cc1ccccc1)c1cnn(-c2c(Cl)cccc2Cl)c(=O)c1Br. The standard InChI is InChI=1S/C17H13BrCl2N4O/c18-15-14(23(21)10-11-5-2-1-3-6-11)9-22-24(17(15)25)16-12(19)7-4-8-13(16)20/h1-9H,10,21H2. The van der Waals surface area contributed by atoms with Gasteiger partial charge in [-0.05, 0) is 33.6 Å². The molecule has 0 saturated heterocycles. The van der Waals surface area contributed by atoms with Crippen LogP contribution in [0.3, 0.4) is 0 Å². The number of rotatable bonds is 4. The van der Waals surface area contributed by atoms with Gasteiger partial charge in [-0.1, -0.05) is 59.6 Å². The average molecular weight is 440 g/mol. The van der Waals surface area contributed by atoms with Gasteiger partial charge in [-0.3, -0.25) is 4.79 Å². The number of benzene rings is 2. The smallest absolute Gasteiger partial charge is 0.288 e. The van der Waals surface area contributed by atoms with Crippen LogP contribution in [-0.4, -0.2) is 9.78 Å². The van der Waals surface area contributed by atoms with Gasteiger partial charge in [0, 0.05) is 0 Å². The van der Waals surface area contributed by atoms with Gasteiger partial charge in [0.1, 0.15) is 10.2 Å². The molecule has 3 rings (SSSR count). The first-order valence-electron chi connectivity index (χ1n) is 7.27. The van der Waals surface area contributed by atoms with Crippen molar-refractivity contribution in [2.45, 2.75) is 6.54 Å². The van der Waals surface area contributed by atoms with E-state index in [0.29, 0.717) is 28.0 Å². The fourth-order valence-corrected chi connectivity index (χ4v) is 3.40. The van der Waals surface area contributed by atoms with Gasteiger partial charge in [-0.2, -0.15) is 9.78 Å². The molecule has 0 bridgehead atoms. The maximum atomic E-state index is 12.7. The number of halogens is 3. The van der Waals surface area contributed by atoms with Crippen LogP contribution in [0.5, 0.6) is 0 Å².